The maximum absolute atomic E-state index is 4.51. The summed E-state index contributed by atoms with van der Waals surface area (Å²) in [5.41, 5.74) is 1.54. The molecule has 0 bridgehead atoms. The van der Waals surface area contributed by atoms with E-state index in [9.17, 15) is 0 Å². The van der Waals surface area contributed by atoms with Gasteiger partial charge in [-0.15, -0.1) is 35.3 Å². The lowest BCUT2D eigenvalue weighted by Gasteiger charge is -2.12. The molecule has 1 saturated carbocycles. The Balaban J connectivity index is 0.00000180. The number of nitrogens with zero attached hydrogens (tertiary/aromatic N) is 2. The summed E-state index contributed by atoms with van der Waals surface area (Å²) in [5, 5.41) is 7.87. The molecule has 19 heavy (non-hydrogen) atoms. The zero-order chi connectivity index (χ0) is 13.3. The second-order valence-corrected chi connectivity index (χ2v) is 6.85. The molecule has 0 amide bonds. The fourth-order valence-electron chi connectivity index (χ4n) is 1.85. The predicted octanol–water partition coefficient (Wildman–Crippen LogP) is 2.84. The van der Waals surface area contributed by atoms with Gasteiger partial charge in [0.25, 0.3) is 0 Å². The molecule has 1 unspecified atom stereocenters. The Morgan fingerprint density at radius 3 is 2.53 bits per heavy atom. The number of rotatable bonds is 3. The molecular weight excluding hydrogens is 371 g/mol. The fourth-order valence-corrected chi connectivity index (χ4v) is 2.72. The highest BCUT2D eigenvalue weighted by Gasteiger charge is 2.46. The Morgan fingerprint density at radius 2 is 2.11 bits per heavy atom. The lowest BCUT2D eigenvalue weighted by Crippen LogP contribution is -2.39. The number of aryl methyl sites for hydroxylation is 2. The quantitative estimate of drug-likeness (QED) is 0.471. The van der Waals surface area contributed by atoms with Crippen LogP contribution in [-0.4, -0.2) is 24.0 Å². The summed E-state index contributed by atoms with van der Waals surface area (Å²) >= 11 is 1.74. The van der Waals surface area contributed by atoms with E-state index in [-0.39, 0.29) is 24.0 Å². The Bertz CT molecular complexity index is 448. The third-order valence-corrected chi connectivity index (χ3v) is 4.60. The topological polar surface area (TPSA) is 49.3 Å². The van der Waals surface area contributed by atoms with Crippen molar-refractivity contribution in [3.8, 4) is 0 Å². The van der Waals surface area contributed by atoms with Crippen molar-refractivity contribution < 1.29 is 0 Å². The van der Waals surface area contributed by atoms with E-state index in [1.54, 1.807) is 11.3 Å². The summed E-state index contributed by atoms with van der Waals surface area (Å²) in [6.07, 6.45) is 1.21. The molecule has 1 fully saturated rings. The molecule has 1 aromatic heterocycles. The Kier molecular flexibility index (Phi) is 5.61. The molecule has 1 atom stereocenters. The molecule has 0 spiro atoms. The van der Waals surface area contributed by atoms with E-state index < -0.39 is 0 Å². The van der Waals surface area contributed by atoms with E-state index >= 15 is 0 Å². The summed E-state index contributed by atoms with van der Waals surface area (Å²) in [6.45, 7) is 9.44. The van der Waals surface area contributed by atoms with Gasteiger partial charge in [0.2, 0.25) is 0 Å². The molecule has 0 aromatic carbocycles. The van der Waals surface area contributed by atoms with Crippen LogP contribution in [0.5, 0.6) is 0 Å². The van der Waals surface area contributed by atoms with Crippen LogP contribution in [0.3, 0.4) is 0 Å². The molecule has 1 aliphatic rings. The Hall–Kier alpha value is -0.370. The minimum atomic E-state index is 0. The van der Waals surface area contributed by atoms with Gasteiger partial charge in [0.1, 0.15) is 5.01 Å². The number of thiazole rings is 1. The molecule has 0 saturated heterocycles. The predicted molar refractivity (Wildman–Crippen MR) is 92.5 cm³/mol. The molecule has 2 N–H and O–H groups in total. The highest BCUT2D eigenvalue weighted by Crippen LogP contribution is 2.44. The van der Waals surface area contributed by atoms with Crippen LogP contribution in [0.1, 0.15) is 35.8 Å². The number of hydrogen-bond donors (Lipinski definition) is 2. The van der Waals surface area contributed by atoms with Crippen LogP contribution in [0, 0.1) is 19.3 Å². The first kappa shape index (κ1) is 16.7. The smallest absolute Gasteiger partial charge is 0.191 e. The van der Waals surface area contributed by atoms with Gasteiger partial charge in [-0.05, 0) is 25.7 Å². The SMILES string of the molecule is CN=C(NCc1nc(C)c(C)s1)NC1CC1(C)C.I. The van der Waals surface area contributed by atoms with Crippen molar-refractivity contribution in [2.45, 2.75) is 46.7 Å². The van der Waals surface area contributed by atoms with E-state index in [1.165, 1.54) is 11.3 Å². The van der Waals surface area contributed by atoms with Crippen LogP contribution in [0.4, 0.5) is 0 Å². The van der Waals surface area contributed by atoms with Gasteiger partial charge >= 0.3 is 0 Å². The number of hydrogen-bond acceptors (Lipinski definition) is 3. The summed E-state index contributed by atoms with van der Waals surface area (Å²) in [4.78, 5) is 10.1. The van der Waals surface area contributed by atoms with Crippen molar-refractivity contribution in [3.63, 3.8) is 0 Å². The van der Waals surface area contributed by atoms with Gasteiger partial charge in [-0.1, -0.05) is 13.8 Å². The molecule has 4 nitrogen and oxygen atoms in total. The molecule has 1 aromatic rings. The zero-order valence-electron chi connectivity index (χ0n) is 12.2. The second kappa shape index (κ2) is 6.39. The van der Waals surface area contributed by atoms with Crippen molar-refractivity contribution >= 4 is 41.3 Å². The van der Waals surface area contributed by atoms with E-state index in [2.05, 4.69) is 48.3 Å². The zero-order valence-corrected chi connectivity index (χ0v) is 15.3. The molecule has 2 rings (SSSR count). The van der Waals surface area contributed by atoms with Crippen molar-refractivity contribution in [3.05, 3.63) is 15.6 Å². The number of aromatic nitrogens is 1. The van der Waals surface area contributed by atoms with Gasteiger partial charge in [-0.3, -0.25) is 4.99 Å². The standard InChI is InChI=1S/C13H22N4S.HI/c1-8-9(2)18-11(16-8)7-15-12(14-5)17-10-6-13(10,3)4;/h10H,6-7H2,1-5H3,(H2,14,15,17);1H. The fraction of sp³-hybridized carbons (Fsp3) is 0.692. The van der Waals surface area contributed by atoms with Crippen LogP contribution in [0.2, 0.25) is 0 Å². The lowest BCUT2D eigenvalue weighted by atomic mass is 10.2. The molecule has 1 heterocycles. The van der Waals surface area contributed by atoms with E-state index in [0.29, 0.717) is 11.5 Å². The molecule has 0 radical (unpaired) electrons. The van der Waals surface area contributed by atoms with Crippen LogP contribution < -0.4 is 10.6 Å². The monoisotopic (exact) mass is 394 g/mol. The minimum Gasteiger partial charge on any atom is -0.353 e. The minimum absolute atomic E-state index is 0. The number of guanidine groups is 1. The average Bonchev–Trinajstić information content (AvgIpc) is 2.76. The van der Waals surface area contributed by atoms with Crippen LogP contribution in [0.25, 0.3) is 0 Å². The first-order valence-electron chi connectivity index (χ1n) is 6.32. The summed E-state index contributed by atoms with van der Waals surface area (Å²) in [6, 6.07) is 0.545. The highest BCUT2D eigenvalue weighted by atomic mass is 127. The maximum atomic E-state index is 4.51. The highest BCUT2D eigenvalue weighted by molar-refractivity contribution is 14.0. The van der Waals surface area contributed by atoms with Gasteiger partial charge in [-0.25, -0.2) is 4.98 Å². The van der Waals surface area contributed by atoms with Crippen molar-refractivity contribution in [2.75, 3.05) is 7.05 Å². The normalized spacial score (nSPS) is 20.7. The molecule has 1 aliphatic carbocycles. The molecule has 6 heteroatoms. The van der Waals surface area contributed by atoms with Gasteiger partial charge in [-0.2, -0.15) is 0 Å². The molecule has 108 valence electrons. The van der Waals surface area contributed by atoms with Gasteiger partial charge in [0.05, 0.1) is 12.2 Å². The number of aliphatic imine (C=N–C) groups is 1. The Morgan fingerprint density at radius 1 is 1.47 bits per heavy atom. The third kappa shape index (κ3) is 4.30. The maximum Gasteiger partial charge on any atom is 0.191 e. The average molecular weight is 394 g/mol. The van der Waals surface area contributed by atoms with E-state index in [1.807, 2.05) is 7.05 Å². The van der Waals surface area contributed by atoms with Gasteiger partial charge in [0.15, 0.2) is 5.96 Å². The lowest BCUT2D eigenvalue weighted by molar-refractivity contribution is 0.589. The van der Waals surface area contributed by atoms with Crippen molar-refractivity contribution in [1.82, 2.24) is 15.6 Å². The van der Waals surface area contributed by atoms with E-state index in [4.69, 9.17) is 0 Å². The largest absolute Gasteiger partial charge is 0.353 e. The summed E-state index contributed by atoms with van der Waals surface area (Å²) < 4.78 is 0. The summed E-state index contributed by atoms with van der Waals surface area (Å²) in [5.74, 6) is 0.871. The summed E-state index contributed by atoms with van der Waals surface area (Å²) in [7, 11) is 1.81. The molecular formula is C13H23IN4S. The second-order valence-electron chi connectivity index (χ2n) is 5.56. The van der Waals surface area contributed by atoms with Gasteiger partial charge < -0.3 is 10.6 Å². The van der Waals surface area contributed by atoms with E-state index in [0.717, 1.165) is 23.2 Å². The van der Waals surface area contributed by atoms with Gasteiger partial charge in [0, 0.05) is 18.0 Å². The van der Waals surface area contributed by atoms with Crippen molar-refractivity contribution in [1.29, 1.82) is 0 Å². The number of nitrogens with one attached hydrogen (secondary N) is 2. The molecule has 0 aliphatic heterocycles. The van der Waals surface area contributed by atoms with Crippen LogP contribution in [0.15, 0.2) is 4.99 Å². The third-order valence-electron chi connectivity index (χ3n) is 3.53. The first-order valence-corrected chi connectivity index (χ1v) is 7.14. The first-order chi connectivity index (χ1) is 8.42. The van der Waals surface area contributed by atoms with Crippen LogP contribution in [-0.2, 0) is 6.54 Å². The number of halogens is 1. The van der Waals surface area contributed by atoms with Crippen molar-refractivity contribution in [2.24, 2.45) is 10.4 Å². The van der Waals surface area contributed by atoms with Crippen LogP contribution >= 0.6 is 35.3 Å². The Labute approximate surface area is 136 Å².